The van der Waals surface area contributed by atoms with E-state index in [-0.39, 0.29) is 6.54 Å². The SMILES string of the molecule is O=C(NC[C@H](O)c1ccccc1)OCCCc1ccc(Br)cc1. The van der Waals surface area contributed by atoms with Gasteiger partial charge in [-0.1, -0.05) is 58.4 Å². The maximum atomic E-state index is 11.6. The molecule has 0 unspecified atom stereocenters. The van der Waals surface area contributed by atoms with Crippen LogP contribution in [-0.4, -0.2) is 24.4 Å². The first-order valence-electron chi connectivity index (χ1n) is 7.53. The van der Waals surface area contributed by atoms with Crippen molar-refractivity contribution in [2.45, 2.75) is 18.9 Å². The van der Waals surface area contributed by atoms with Gasteiger partial charge in [0, 0.05) is 4.47 Å². The van der Waals surface area contributed by atoms with E-state index < -0.39 is 12.2 Å². The highest BCUT2D eigenvalue weighted by Gasteiger charge is 2.09. The lowest BCUT2D eigenvalue weighted by Gasteiger charge is -2.12. The second-order valence-corrected chi connectivity index (χ2v) is 6.09. The number of carbonyl (C=O) groups is 1. The second-order valence-electron chi connectivity index (χ2n) is 5.17. The molecule has 0 aromatic heterocycles. The number of benzene rings is 2. The van der Waals surface area contributed by atoms with Crippen molar-refractivity contribution in [3.8, 4) is 0 Å². The molecule has 4 nitrogen and oxygen atoms in total. The quantitative estimate of drug-likeness (QED) is 0.720. The monoisotopic (exact) mass is 377 g/mol. The van der Waals surface area contributed by atoms with E-state index >= 15 is 0 Å². The summed E-state index contributed by atoms with van der Waals surface area (Å²) in [4.78, 5) is 11.6. The van der Waals surface area contributed by atoms with Gasteiger partial charge in [0.2, 0.25) is 0 Å². The fraction of sp³-hybridized carbons (Fsp3) is 0.278. The van der Waals surface area contributed by atoms with Crippen molar-refractivity contribution >= 4 is 22.0 Å². The Balaban J connectivity index is 1.61. The number of alkyl carbamates (subject to hydrolysis) is 1. The number of ether oxygens (including phenoxy) is 1. The molecule has 1 atom stereocenters. The van der Waals surface area contributed by atoms with Gasteiger partial charge in [0.15, 0.2) is 0 Å². The van der Waals surface area contributed by atoms with E-state index in [0.717, 1.165) is 22.9 Å². The standard InChI is InChI=1S/C18H20BrNO3/c19-16-10-8-14(9-11-16)5-4-12-23-18(22)20-13-17(21)15-6-2-1-3-7-15/h1-3,6-11,17,21H,4-5,12-13H2,(H,20,22)/t17-/m0/s1. The van der Waals surface area contributed by atoms with Crippen molar-refractivity contribution in [2.24, 2.45) is 0 Å². The summed E-state index contributed by atoms with van der Waals surface area (Å²) in [5.74, 6) is 0. The predicted octanol–water partition coefficient (Wildman–Crippen LogP) is 3.84. The fourth-order valence-corrected chi connectivity index (χ4v) is 2.38. The first-order valence-corrected chi connectivity index (χ1v) is 8.32. The van der Waals surface area contributed by atoms with Gasteiger partial charge in [-0.3, -0.25) is 0 Å². The minimum absolute atomic E-state index is 0.134. The molecule has 0 aliphatic heterocycles. The van der Waals surface area contributed by atoms with Crippen LogP contribution in [0.4, 0.5) is 4.79 Å². The van der Waals surface area contributed by atoms with Crippen molar-refractivity contribution in [1.29, 1.82) is 0 Å². The van der Waals surface area contributed by atoms with Gasteiger partial charge in [0.25, 0.3) is 0 Å². The van der Waals surface area contributed by atoms with E-state index in [9.17, 15) is 9.90 Å². The van der Waals surface area contributed by atoms with Crippen molar-refractivity contribution in [2.75, 3.05) is 13.2 Å². The highest BCUT2D eigenvalue weighted by molar-refractivity contribution is 9.10. The number of nitrogens with one attached hydrogen (secondary N) is 1. The van der Waals surface area contributed by atoms with Gasteiger partial charge in [-0.2, -0.15) is 0 Å². The van der Waals surface area contributed by atoms with E-state index in [1.807, 2.05) is 54.6 Å². The molecule has 0 radical (unpaired) electrons. The number of aliphatic hydroxyl groups excluding tert-OH is 1. The highest BCUT2D eigenvalue weighted by Crippen LogP contribution is 2.12. The summed E-state index contributed by atoms with van der Waals surface area (Å²) in [5, 5.41) is 12.5. The van der Waals surface area contributed by atoms with Crippen LogP contribution in [0.15, 0.2) is 59.1 Å². The molecule has 0 bridgehead atoms. The third kappa shape index (κ3) is 6.42. The Morgan fingerprint density at radius 3 is 2.52 bits per heavy atom. The van der Waals surface area contributed by atoms with Crippen LogP contribution in [0, 0.1) is 0 Å². The van der Waals surface area contributed by atoms with Crippen molar-refractivity contribution < 1.29 is 14.6 Å². The van der Waals surface area contributed by atoms with Crippen LogP contribution in [0.3, 0.4) is 0 Å². The molecule has 0 heterocycles. The largest absolute Gasteiger partial charge is 0.450 e. The first-order chi connectivity index (χ1) is 11.1. The van der Waals surface area contributed by atoms with E-state index in [4.69, 9.17) is 4.74 Å². The Labute approximate surface area is 144 Å². The average molecular weight is 378 g/mol. The minimum Gasteiger partial charge on any atom is -0.450 e. The first kappa shape index (κ1) is 17.5. The summed E-state index contributed by atoms with van der Waals surface area (Å²) in [7, 11) is 0. The molecule has 1 amide bonds. The number of carbonyl (C=O) groups excluding carboxylic acids is 1. The van der Waals surface area contributed by atoms with Gasteiger partial charge in [-0.15, -0.1) is 0 Å². The molecule has 2 rings (SSSR count). The topological polar surface area (TPSA) is 58.6 Å². The Bertz CT molecular complexity index is 601. The van der Waals surface area contributed by atoms with Gasteiger partial charge >= 0.3 is 6.09 Å². The Kier molecular flexibility index (Phi) is 7.10. The number of halogens is 1. The van der Waals surface area contributed by atoms with Crippen LogP contribution < -0.4 is 5.32 Å². The lowest BCUT2D eigenvalue weighted by Crippen LogP contribution is -2.29. The molecule has 2 N–H and O–H groups in total. The molecule has 23 heavy (non-hydrogen) atoms. The minimum atomic E-state index is -0.730. The summed E-state index contributed by atoms with van der Waals surface area (Å²) < 4.78 is 6.15. The van der Waals surface area contributed by atoms with Crippen LogP contribution in [0.1, 0.15) is 23.7 Å². The molecule has 122 valence electrons. The van der Waals surface area contributed by atoms with Crippen LogP contribution in [0.25, 0.3) is 0 Å². The molecular formula is C18H20BrNO3. The van der Waals surface area contributed by atoms with Gasteiger partial charge in [-0.05, 0) is 36.1 Å². The second kappa shape index (κ2) is 9.33. The molecular weight excluding hydrogens is 358 g/mol. The van der Waals surface area contributed by atoms with Gasteiger partial charge in [-0.25, -0.2) is 4.79 Å². The Hall–Kier alpha value is -1.85. The number of aliphatic hydroxyl groups is 1. The number of hydrogen-bond donors (Lipinski definition) is 2. The van der Waals surface area contributed by atoms with Gasteiger partial charge < -0.3 is 15.2 Å². The third-order valence-electron chi connectivity index (χ3n) is 3.38. The van der Waals surface area contributed by atoms with Crippen molar-refractivity contribution in [1.82, 2.24) is 5.32 Å². The van der Waals surface area contributed by atoms with Crippen molar-refractivity contribution in [3.05, 3.63) is 70.2 Å². The lowest BCUT2D eigenvalue weighted by atomic mass is 10.1. The summed E-state index contributed by atoms with van der Waals surface area (Å²) in [6.45, 7) is 0.485. The molecule has 5 heteroatoms. The number of rotatable bonds is 7. The fourth-order valence-electron chi connectivity index (χ4n) is 2.12. The van der Waals surface area contributed by atoms with E-state index in [2.05, 4.69) is 21.2 Å². The zero-order valence-corrected chi connectivity index (χ0v) is 14.3. The molecule has 0 saturated carbocycles. The highest BCUT2D eigenvalue weighted by atomic mass is 79.9. The van der Waals surface area contributed by atoms with Crippen LogP contribution >= 0.6 is 15.9 Å². The normalized spacial score (nSPS) is 11.7. The lowest BCUT2D eigenvalue weighted by molar-refractivity contribution is 0.130. The van der Waals surface area contributed by atoms with Crippen molar-refractivity contribution in [3.63, 3.8) is 0 Å². The molecule has 0 saturated heterocycles. The Morgan fingerprint density at radius 1 is 1.13 bits per heavy atom. The van der Waals surface area contributed by atoms with E-state index in [1.165, 1.54) is 5.56 Å². The molecule has 0 aliphatic rings. The van der Waals surface area contributed by atoms with Gasteiger partial charge in [0.05, 0.1) is 19.3 Å². The predicted molar refractivity (Wildman–Crippen MR) is 93.2 cm³/mol. The summed E-state index contributed by atoms with van der Waals surface area (Å²) in [6.07, 6.45) is 0.381. The average Bonchev–Trinajstić information content (AvgIpc) is 2.59. The zero-order chi connectivity index (χ0) is 16.5. The summed E-state index contributed by atoms with van der Waals surface area (Å²) in [5.41, 5.74) is 1.97. The Morgan fingerprint density at radius 2 is 1.83 bits per heavy atom. The third-order valence-corrected chi connectivity index (χ3v) is 3.91. The maximum absolute atomic E-state index is 11.6. The zero-order valence-electron chi connectivity index (χ0n) is 12.7. The maximum Gasteiger partial charge on any atom is 0.407 e. The molecule has 2 aromatic rings. The summed E-state index contributed by atoms with van der Waals surface area (Å²) in [6, 6.07) is 17.3. The number of aryl methyl sites for hydroxylation is 1. The van der Waals surface area contributed by atoms with Crippen LogP contribution in [0.2, 0.25) is 0 Å². The van der Waals surface area contributed by atoms with Gasteiger partial charge in [0.1, 0.15) is 0 Å². The van der Waals surface area contributed by atoms with E-state index in [0.29, 0.717) is 6.61 Å². The number of hydrogen-bond acceptors (Lipinski definition) is 3. The molecule has 0 spiro atoms. The molecule has 0 aliphatic carbocycles. The number of amides is 1. The van der Waals surface area contributed by atoms with Crippen LogP contribution in [0.5, 0.6) is 0 Å². The van der Waals surface area contributed by atoms with Crippen LogP contribution in [-0.2, 0) is 11.2 Å². The van der Waals surface area contributed by atoms with E-state index in [1.54, 1.807) is 0 Å². The smallest absolute Gasteiger partial charge is 0.407 e. The molecule has 2 aromatic carbocycles. The summed E-state index contributed by atoms with van der Waals surface area (Å²) >= 11 is 3.39. The molecule has 0 fully saturated rings.